The standard InChI is InChI=1S/C21H29N3O2/c1-13-10-18(26-6)14(2)9-15(13)11-24-8-7-17-16(12-24)19(25)23-20(22-17)21(3,4)5/h9-10H,7-8,11-12H2,1-6H3,(H,22,23,25). The molecule has 2 aromatic rings. The maximum atomic E-state index is 12.6. The monoisotopic (exact) mass is 355 g/mol. The van der Waals surface area contributed by atoms with Gasteiger partial charge in [-0.15, -0.1) is 0 Å². The third-order valence-electron chi connectivity index (χ3n) is 5.11. The smallest absolute Gasteiger partial charge is 0.255 e. The summed E-state index contributed by atoms with van der Waals surface area (Å²) in [5, 5.41) is 0. The van der Waals surface area contributed by atoms with Gasteiger partial charge in [0, 0.05) is 31.5 Å². The highest BCUT2D eigenvalue weighted by atomic mass is 16.5. The van der Waals surface area contributed by atoms with Crippen LogP contribution < -0.4 is 10.3 Å². The summed E-state index contributed by atoms with van der Waals surface area (Å²) in [7, 11) is 1.70. The predicted octanol–water partition coefficient (Wildman–Crippen LogP) is 3.25. The lowest BCUT2D eigenvalue weighted by atomic mass is 9.94. The minimum absolute atomic E-state index is 0.00672. The zero-order valence-corrected chi connectivity index (χ0v) is 16.7. The van der Waals surface area contributed by atoms with E-state index in [0.717, 1.165) is 47.9 Å². The van der Waals surface area contributed by atoms with Crippen LogP contribution in [0.25, 0.3) is 0 Å². The Morgan fingerprint density at radius 2 is 1.96 bits per heavy atom. The summed E-state index contributed by atoms with van der Waals surface area (Å²) in [5.41, 5.74) is 5.26. The van der Waals surface area contributed by atoms with Crippen LogP contribution in [0.1, 0.15) is 54.5 Å². The van der Waals surface area contributed by atoms with Gasteiger partial charge in [-0.25, -0.2) is 4.98 Å². The molecule has 26 heavy (non-hydrogen) atoms. The maximum absolute atomic E-state index is 12.6. The van der Waals surface area contributed by atoms with Gasteiger partial charge in [0.25, 0.3) is 5.56 Å². The van der Waals surface area contributed by atoms with E-state index in [4.69, 9.17) is 9.72 Å². The Balaban J connectivity index is 1.84. The van der Waals surface area contributed by atoms with Crippen molar-refractivity contribution < 1.29 is 4.74 Å². The van der Waals surface area contributed by atoms with Crippen molar-refractivity contribution >= 4 is 0 Å². The Hall–Kier alpha value is -2.14. The fourth-order valence-electron chi connectivity index (χ4n) is 3.45. The van der Waals surface area contributed by atoms with Crippen molar-refractivity contribution in [2.45, 2.75) is 59.5 Å². The van der Waals surface area contributed by atoms with Gasteiger partial charge in [-0.05, 0) is 36.6 Å². The molecule has 1 aromatic heterocycles. The van der Waals surface area contributed by atoms with Crippen molar-refractivity contribution in [2.24, 2.45) is 0 Å². The molecule has 3 rings (SSSR count). The first-order valence-corrected chi connectivity index (χ1v) is 9.18. The number of rotatable bonds is 3. The van der Waals surface area contributed by atoms with E-state index >= 15 is 0 Å². The summed E-state index contributed by atoms with van der Waals surface area (Å²) in [4.78, 5) is 22.6. The number of ether oxygens (including phenoxy) is 1. The Bertz CT molecular complexity index is 878. The van der Waals surface area contributed by atoms with Crippen LogP contribution in [0.15, 0.2) is 16.9 Å². The average Bonchev–Trinajstić information content (AvgIpc) is 2.57. The number of aryl methyl sites for hydroxylation is 2. The van der Waals surface area contributed by atoms with Gasteiger partial charge in [-0.2, -0.15) is 0 Å². The molecule has 0 radical (unpaired) electrons. The summed E-state index contributed by atoms with van der Waals surface area (Å²) >= 11 is 0. The fraction of sp³-hybridized carbons (Fsp3) is 0.524. The largest absolute Gasteiger partial charge is 0.496 e. The number of aromatic nitrogens is 2. The molecule has 0 spiro atoms. The quantitative estimate of drug-likeness (QED) is 0.918. The van der Waals surface area contributed by atoms with E-state index in [9.17, 15) is 4.79 Å². The molecule has 0 unspecified atom stereocenters. The lowest BCUT2D eigenvalue weighted by molar-refractivity contribution is 0.240. The van der Waals surface area contributed by atoms with E-state index in [1.807, 2.05) is 0 Å². The molecular formula is C21H29N3O2. The van der Waals surface area contributed by atoms with Gasteiger partial charge in [-0.1, -0.05) is 26.8 Å². The van der Waals surface area contributed by atoms with E-state index < -0.39 is 0 Å². The molecule has 5 nitrogen and oxygen atoms in total. The van der Waals surface area contributed by atoms with Gasteiger partial charge in [-0.3, -0.25) is 9.69 Å². The van der Waals surface area contributed by atoms with Gasteiger partial charge < -0.3 is 9.72 Å². The van der Waals surface area contributed by atoms with Crippen molar-refractivity contribution in [3.8, 4) is 5.75 Å². The number of H-pyrrole nitrogens is 1. The molecule has 0 amide bonds. The van der Waals surface area contributed by atoms with E-state index in [2.05, 4.69) is 56.6 Å². The zero-order chi connectivity index (χ0) is 19.1. The molecule has 1 N–H and O–H groups in total. The molecule has 0 fully saturated rings. The predicted molar refractivity (Wildman–Crippen MR) is 104 cm³/mol. The molecule has 2 heterocycles. The van der Waals surface area contributed by atoms with Crippen molar-refractivity contribution in [1.29, 1.82) is 0 Å². The van der Waals surface area contributed by atoms with E-state index in [1.54, 1.807) is 7.11 Å². The second-order valence-electron chi connectivity index (χ2n) is 8.30. The van der Waals surface area contributed by atoms with Gasteiger partial charge in [0.15, 0.2) is 0 Å². The van der Waals surface area contributed by atoms with Crippen LogP contribution >= 0.6 is 0 Å². The first-order chi connectivity index (χ1) is 12.2. The first-order valence-electron chi connectivity index (χ1n) is 9.18. The summed E-state index contributed by atoms with van der Waals surface area (Å²) in [5.74, 6) is 1.70. The molecule has 0 bridgehead atoms. The van der Waals surface area contributed by atoms with Crippen LogP contribution in [-0.4, -0.2) is 28.5 Å². The molecule has 0 saturated carbocycles. The Labute approximate surface area is 155 Å². The molecule has 1 aromatic carbocycles. The van der Waals surface area contributed by atoms with E-state index in [-0.39, 0.29) is 11.0 Å². The summed E-state index contributed by atoms with van der Waals surface area (Å²) < 4.78 is 5.40. The highest BCUT2D eigenvalue weighted by Gasteiger charge is 2.25. The number of nitrogens with one attached hydrogen (secondary N) is 1. The van der Waals surface area contributed by atoms with Crippen molar-refractivity contribution in [1.82, 2.24) is 14.9 Å². The van der Waals surface area contributed by atoms with Gasteiger partial charge in [0.2, 0.25) is 0 Å². The normalized spacial score (nSPS) is 15.0. The number of hydrogen-bond acceptors (Lipinski definition) is 4. The van der Waals surface area contributed by atoms with E-state index in [1.165, 1.54) is 11.1 Å². The highest BCUT2D eigenvalue weighted by Crippen LogP contribution is 2.25. The first kappa shape index (κ1) is 18.6. The molecule has 1 aliphatic heterocycles. The van der Waals surface area contributed by atoms with Crippen LogP contribution in [-0.2, 0) is 24.9 Å². The number of nitrogens with zero attached hydrogens (tertiary/aromatic N) is 2. The summed E-state index contributed by atoms with van der Waals surface area (Å²) in [6, 6.07) is 4.28. The Morgan fingerprint density at radius 3 is 2.62 bits per heavy atom. The zero-order valence-electron chi connectivity index (χ0n) is 16.7. The minimum Gasteiger partial charge on any atom is -0.496 e. The van der Waals surface area contributed by atoms with Crippen molar-refractivity contribution in [2.75, 3.05) is 13.7 Å². The molecule has 0 atom stereocenters. The van der Waals surface area contributed by atoms with Crippen LogP contribution in [0.5, 0.6) is 5.75 Å². The second-order valence-corrected chi connectivity index (χ2v) is 8.30. The Morgan fingerprint density at radius 1 is 1.23 bits per heavy atom. The molecule has 5 heteroatoms. The highest BCUT2D eigenvalue weighted by molar-refractivity contribution is 5.41. The van der Waals surface area contributed by atoms with Crippen molar-refractivity contribution in [3.05, 3.63) is 56.3 Å². The van der Waals surface area contributed by atoms with E-state index in [0.29, 0.717) is 6.54 Å². The lowest BCUT2D eigenvalue weighted by Gasteiger charge is -2.29. The van der Waals surface area contributed by atoms with Crippen LogP contribution in [0.2, 0.25) is 0 Å². The molecule has 140 valence electrons. The molecule has 0 saturated heterocycles. The number of aromatic amines is 1. The number of methoxy groups -OCH3 is 1. The number of benzene rings is 1. The lowest BCUT2D eigenvalue weighted by Crippen LogP contribution is -2.37. The van der Waals surface area contributed by atoms with Gasteiger partial charge in [0.1, 0.15) is 11.6 Å². The fourth-order valence-corrected chi connectivity index (χ4v) is 3.45. The van der Waals surface area contributed by atoms with Crippen LogP contribution in [0, 0.1) is 13.8 Å². The number of hydrogen-bond donors (Lipinski definition) is 1. The third-order valence-corrected chi connectivity index (χ3v) is 5.11. The Kier molecular flexibility index (Phi) is 4.93. The molecular weight excluding hydrogens is 326 g/mol. The minimum atomic E-state index is -0.150. The second kappa shape index (κ2) is 6.88. The molecule has 1 aliphatic rings. The van der Waals surface area contributed by atoms with Crippen LogP contribution in [0.3, 0.4) is 0 Å². The third kappa shape index (κ3) is 3.68. The van der Waals surface area contributed by atoms with Crippen LogP contribution in [0.4, 0.5) is 0 Å². The maximum Gasteiger partial charge on any atom is 0.255 e. The molecule has 0 aliphatic carbocycles. The number of fused-ring (bicyclic) bond motifs is 1. The summed E-state index contributed by atoms with van der Waals surface area (Å²) in [6.07, 6.45) is 0.816. The average molecular weight is 355 g/mol. The topological polar surface area (TPSA) is 58.2 Å². The van der Waals surface area contributed by atoms with Gasteiger partial charge >= 0.3 is 0 Å². The summed E-state index contributed by atoms with van der Waals surface area (Å²) in [6.45, 7) is 12.8. The SMILES string of the molecule is COc1cc(C)c(CN2CCc3nc(C(C)(C)C)[nH]c(=O)c3C2)cc1C. The van der Waals surface area contributed by atoms with Crippen molar-refractivity contribution in [3.63, 3.8) is 0 Å². The van der Waals surface area contributed by atoms with Gasteiger partial charge in [0.05, 0.1) is 18.4 Å².